The molecular formula is C15H20N2O2S. The Kier molecular flexibility index (Phi) is 4.38. The molecule has 0 aliphatic carbocycles. The highest BCUT2D eigenvalue weighted by Gasteiger charge is 2.38. The summed E-state index contributed by atoms with van der Waals surface area (Å²) in [5.74, 6) is 1.63. The maximum Gasteiger partial charge on any atom is 0.254 e. The molecule has 0 unspecified atom stereocenters. The molecule has 0 bridgehead atoms. The van der Waals surface area contributed by atoms with Crippen molar-refractivity contribution >= 4 is 29.3 Å². The molecule has 20 heavy (non-hydrogen) atoms. The molecule has 1 heterocycles. The van der Waals surface area contributed by atoms with Gasteiger partial charge in [-0.25, -0.2) is 0 Å². The average Bonchev–Trinajstić information content (AvgIpc) is 2.48. The van der Waals surface area contributed by atoms with Gasteiger partial charge in [0.05, 0.1) is 11.3 Å². The highest BCUT2D eigenvalue weighted by Crippen LogP contribution is 2.27. The van der Waals surface area contributed by atoms with Crippen LogP contribution in [0.3, 0.4) is 0 Å². The Balaban J connectivity index is 2.41. The molecule has 108 valence electrons. The molecule has 0 spiro atoms. The Bertz CT molecular complexity index is 528. The van der Waals surface area contributed by atoms with Gasteiger partial charge >= 0.3 is 0 Å². The minimum absolute atomic E-state index is 0.0625. The van der Waals surface area contributed by atoms with E-state index in [1.165, 1.54) is 0 Å². The summed E-state index contributed by atoms with van der Waals surface area (Å²) in [5, 5.41) is 2.81. The molecule has 0 saturated heterocycles. The highest BCUT2D eigenvalue weighted by molar-refractivity contribution is 7.99. The summed E-state index contributed by atoms with van der Waals surface area (Å²) in [5.41, 5.74) is 0.387. The van der Waals surface area contributed by atoms with Crippen LogP contribution in [0.4, 0.5) is 5.69 Å². The quantitative estimate of drug-likeness (QED) is 0.866. The molecule has 1 aromatic carbocycles. The zero-order chi connectivity index (χ0) is 14.8. The third-order valence-electron chi connectivity index (χ3n) is 3.31. The summed E-state index contributed by atoms with van der Waals surface area (Å²) in [7, 11) is 0. The third-order valence-corrected chi connectivity index (χ3v) is 4.19. The van der Waals surface area contributed by atoms with E-state index in [0.717, 1.165) is 11.5 Å². The zero-order valence-corrected chi connectivity index (χ0v) is 12.9. The molecule has 2 rings (SSSR count). The first-order valence-electron chi connectivity index (χ1n) is 6.78. The van der Waals surface area contributed by atoms with Crippen molar-refractivity contribution in [1.82, 2.24) is 5.32 Å². The van der Waals surface area contributed by atoms with E-state index in [2.05, 4.69) is 12.2 Å². The molecule has 0 aromatic heterocycles. The number of anilines is 1. The van der Waals surface area contributed by atoms with E-state index in [0.29, 0.717) is 17.8 Å². The number of para-hydroxylation sites is 1. The number of nitrogens with one attached hydrogen (secondary N) is 1. The Morgan fingerprint density at radius 3 is 2.65 bits per heavy atom. The molecule has 0 saturated carbocycles. The van der Waals surface area contributed by atoms with Crippen LogP contribution in [0.25, 0.3) is 0 Å². The second kappa shape index (κ2) is 5.87. The number of carbonyl (C=O) groups is 2. The fraction of sp³-hybridized carbons (Fsp3) is 0.467. The van der Waals surface area contributed by atoms with Crippen LogP contribution in [0.5, 0.6) is 0 Å². The minimum atomic E-state index is -0.882. The lowest BCUT2D eigenvalue weighted by Gasteiger charge is -2.29. The van der Waals surface area contributed by atoms with Gasteiger partial charge in [0.1, 0.15) is 5.54 Å². The summed E-state index contributed by atoms with van der Waals surface area (Å²) in [6.45, 7) is 6.21. The average molecular weight is 292 g/mol. The third kappa shape index (κ3) is 2.82. The van der Waals surface area contributed by atoms with Crippen molar-refractivity contribution in [1.29, 1.82) is 0 Å². The van der Waals surface area contributed by atoms with Gasteiger partial charge in [-0.05, 0) is 31.7 Å². The molecule has 5 heteroatoms. The lowest BCUT2D eigenvalue weighted by Crippen LogP contribution is -2.54. The predicted octanol–water partition coefficient (Wildman–Crippen LogP) is 2.29. The number of amides is 2. The van der Waals surface area contributed by atoms with Crippen LogP contribution >= 0.6 is 11.8 Å². The van der Waals surface area contributed by atoms with Crippen LogP contribution in [0, 0.1) is 0 Å². The number of benzene rings is 1. The first-order valence-corrected chi connectivity index (χ1v) is 7.94. The van der Waals surface area contributed by atoms with Crippen molar-refractivity contribution in [3.63, 3.8) is 0 Å². The maximum atomic E-state index is 12.7. The van der Waals surface area contributed by atoms with Gasteiger partial charge in [0.15, 0.2) is 0 Å². The number of carbonyl (C=O) groups excluding carboxylic acids is 2. The Morgan fingerprint density at radius 2 is 1.95 bits per heavy atom. The van der Waals surface area contributed by atoms with Crippen LogP contribution in [0.15, 0.2) is 24.3 Å². The number of nitrogens with zero attached hydrogens (tertiary/aromatic N) is 1. The van der Waals surface area contributed by atoms with Gasteiger partial charge < -0.3 is 10.2 Å². The van der Waals surface area contributed by atoms with E-state index >= 15 is 0 Å². The molecule has 0 atom stereocenters. The van der Waals surface area contributed by atoms with E-state index in [1.54, 1.807) is 36.6 Å². The number of hydrogen-bond acceptors (Lipinski definition) is 3. The van der Waals surface area contributed by atoms with Gasteiger partial charge in [-0.15, -0.1) is 0 Å². The standard InChI is InChI=1S/C15H20N2O2S/c1-4-20-10-9-17-12-8-6-5-7-11(12)13(18)16-15(2,3)14(17)19/h5-8H,4,9-10H2,1-3H3,(H,16,18). The topological polar surface area (TPSA) is 49.4 Å². The second-order valence-corrected chi connectivity index (χ2v) is 6.64. The lowest BCUT2D eigenvalue weighted by molar-refractivity contribution is -0.123. The second-order valence-electron chi connectivity index (χ2n) is 5.25. The smallest absolute Gasteiger partial charge is 0.254 e. The largest absolute Gasteiger partial charge is 0.338 e. The summed E-state index contributed by atoms with van der Waals surface area (Å²) < 4.78 is 0. The van der Waals surface area contributed by atoms with Crippen LogP contribution in [-0.2, 0) is 4.79 Å². The van der Waals surface area contributed by atoms with E-state index in [1.807, 2.05) is 18.2 Å². The SMILES string of the molecule is CCSCCN1C(=O)C(C)(C)NC(=O)c2ccccc21. The van der Waals surface area contributed by atoms with E-state index in [9.17, 15) is 9.59 Å². The van der Waals surface area contributed by atoms with Crippen LogP contribution in [-0.4, -0.2) is 35.4 Å². The maximum absolute atomic E-state index is 12.7. The Hall–Kier alpha value is -1.49. The zero-order valence-electron chi connectivity index (χ0n) is 12.1. The Morgan fingerprint density at radius 1 is 1.25 bits per heavy atom. The monoisotopic (exact) mass is 292 g/mol. The van der Waals surface area contributed by atoms with Gasteiger partial charge in [-0.1, -0.05) is 19.1 Å². The van der Waals surface area contributed by atoms with Crippen molar-refractivity contribution in [3.8, 4) is 0 Å². The summed E-state index contributed by atoms with van der Waals surface area (Å²) in [4.78, 5) is 26.7. The molecule has 1 aromatic rings. The van der Waals surface area contributed by atoms with Crippen molar-refractivity contribution in [2.45, 2.75) is 26.3 Å². The van der Waals surface area contributed by atoms with E-state index < -0.39 is 5.54 Å². The van der Waals surface area contributed by atoms with Gasteiger partial charge in [-0.3, -0.25) is 9.59 Å². The summed E-state index contributed by atoms with van der Waals surface area (Å²) in [6, 6.07) is 7.28. The summed E-state index contributed by atoms with van der Waals surface area (Å²) >= 11 is 1.79. The molecule has 2 amide bonds. The predicted molar refractivity (Wildman–Crippen MR) is 83.3 cm³/mol. The fourth-order valence-corrected chi connectivity index (χ4v) is 2.87. The van der Waals surface area contributed by atoms with Crippen LogP contribution in [0.1, 0.15) is 31.1 Å². The van der Waals surface area contributed by atoms with Crippen molar-refractivity contribution in [3.05, 3.63) is 29.8 Å². The number of fused-ring (bicyclic) bond motifs is 1. The minimum Gasteiger partial charge on any atom is -0.338 e. The van der Waals surface area contributed by atoms with E-state index in [-0.39, 0.29) is 11.8 Å². The molecule has 4 nitrogen and oxygen atoms in total. The van der Waals surface area contributed by atoms with Crippen molar-refractivity contribution < 1.29 is 9.59 Å². The molecule has 0 fully saturated rings. The van der Waals surface area contributed by atoms with E-state index in [4.69, 9.17) is 0 Å². The molecule has 1 aliphatic heterocycles. The van der Waals surface area contributed by atoms with Crippen molar-refractivity contribution in [2.24, 2.45) is 0 Å². The van der Waals surface area contributed by atoms with Crippen LogP contribution in [0.2, 0.25) is 0 Å². The fourth-order valence-electron chi connectivity index (χ4n) is 2.27. The molecule has 1 aliphatic rings. The number of thioether (sulfide) groups is 1. The van der Waals surface area contributed by atoms with Gasteiger partial charge in [0.25, 0.3) is 11.8 Å². The Labute approximate surface area is 123 Å². The normalized spacial score (nSPS) is 17.4. The lowest BCUT2D eigenvalue weighted by atomic mass is 10.0. The number of hydrogen-bond donors (Lipinski definition) is 1. The summed E-state index contributed by atoms with van der Waals surface area (Å²) in [6.07, 6.45) is 0. The molecule has 1 N–H and O–H groups in total. The highest BCUT2D eigenvalue weighted by atomic mass is 32.2. The van der Waals surface area contributed by atoms with Crippen molar-refractivity contribution in [2.75, 3.05) is 23.0 Å². The molecule has 0 radical (unpaired) electrons. The molecular weight excluding hydrogens is 272 g/mol. The van der Waals surface area contributed by atoms with Gasteiger partial charge in [0.2, 0.25) is 0 Å². The van der Waals surface area contributed by atoms with Gasteiger partial charge in [-0.2, -0.15) is 11.8 Å². The first kappa shape index (κ1) is 14.9. The first-order chi connectivity index (χ1) is 9.47. The van der Waals surface area contributed by atoms with Gasteiger partial charge in [0, 0.05) is 12.3 Å². The number of rotatable bonds is 4. The van der Waals surface area contributed by atoms with Crippen LogP contribution < -0.4 is 10.2 Å².